The van der Waals surface area contributed by atoms with Gasteiger partial charge in [0.05, 0.1) is 13.2 Å². The summed E-state index contributed by atoms with van der Waals surface area (Å²) in [5.74, 6) is -12.3. The van der Waals surface area contributed by atoms with Crippen molar-refractivity contribution >= 4 is 32.5 Å². The summed E-state index contributed by atoms with van der Waals surface area (Å²) >= 11 is 0. The highest BCUT2D eigenvalue weighted by atomic mass is 31.2. The van der Waals surface area contributed by atoms with Crippen LogP contribution in [0.25, 0.3) is 0 Å². The first-order valence-corrected chi connectivity index (χ1v) is 20.6. The zero-order chi connectivity index (χ0) is 41.0. The van der Waals surface area contributed by atoms with E-state index in [1.54, 1.807) is 83.4 Å². The number of benzene rings is 4. The van der Waals surface area contributed by atoms with Gasteiger partial charge in [-0.15, -0.1) is 0 Å². The SMILES string of the molecule is O=C(O)C(P(=O)(OCc1ccccc1)C(CCc1ccccc1)NC(=O)C(F)(F)F)P(=O)(OCc1ccccc1)C(CCc1ccccc1)NC(=O)C(F)(F)F. The summed E-state index contributed by atoms with van der Waals surface area (Å²) in [6, 6.07) is 30.7. The zero-order valence-corrected chi connectivity index (χ0v) is 31.3. The lowest BCUT2D eigenvalue weighted by molar-refractivity contribution is -0.174. The second-order valence-corrected chi connectivity index (χ2v) is 18.3. The largest absolute Gasteiger partial charge is 0.480 e. The van der Waals surface area contributed by atoms with Gasteiger partial charge in [-0.1, -0.05) is 121 Å². The third-order valence-corrected chi connectivity index (χ3v) is 15.8. The van der Waals surface area contributed by atoms with Crippen molar-refractivity contribution in [3.05, 3.63) is 144 Å². The van der Waals surface area contributed by atoms with Gasteiger partial charge in [0.25, 0.3) is 0 Å². The molecule has 0 bridgehead atoms. The molecule has 56 heavy (non-hydrogen) atoms. The van der Waals surface area contributed by atoms with Crippen LogP contribution in [0, 0.1) is 0 Å². The fourth-order valence-electron chi connectivity index (χ4n) is 5.74. The zero-order valence-electron chi connectivity index (χ0n) is 29.5. The lowest BCUT2D eigenvalue weighted by Gasteiger charge is -2.39. The summed E-state index contributed by atoms with van der Waals surface area (Å²) in [4.78, 5) is 38.7. The fourth-order valence-corrected chi connectivity index (χ4v) is 13.1. The normalized spacial score (nSPS) is 15.7. The van der Waals surface area contributed by atoms with Crippen LogP contribution in [0.15, 0.2) is 121 Å². The van der Waals surface area contributed by atoms with Crippen molar-refractivity contribution in [1.29, 1.82) is 0 Å². The molecule has 0 aliphatic carbocycles. The van der Waals surface area contributed by atoms with E-state index in [4.69, 9.17) is 9.05 Å². The Morgan fingerprint density at radius 2 is 0.821 bits per heavy atom. The standard InChI is InChI=1S/C38H38F6N2O8P2/c39-37(40,41)35(49)45-31(23-21-27-13-5-1-6-14-27)55(51,53-25-29-17-9-3-10-18-29)34(33(47)48)56(52,54-26-30-19-11-4-12-20-30)32(46-36(50)38(42,43)44)24-22-28-15-7-2-8-16-28/h1-20,31-32,34H,21-26H2,(H,45,49)(H,46,50)(H,47,48). The van der Waals surface area contributed by atoms with Gasteiger partial charge >= 0.3 is 30.1 Å². The second kappa shape index (κ2) is 19.4. The summed E-state index contributed by atoms with van der Waals surface area (Å²) in [6.45, 7) is -1.54. The number of carbonyl (C=O) groups excluding carboxylic acids is 2. The predicted molar refractivity (Wildman–Crippen MR) is 195 cm³/mol. The minimum atomic E-state index is -5.65. The number of hydrogen-bond donors (Lipinski definition) is 3. The number of hydrogen-bond acceptors (Lipinski definition) is 7. The number of aryl methyl sites for hydroxylation is 2. The average Bonchev–Trinajstić information content (AvgIpc) is 3.17. The van der Waals surface area contributed by atoms with E-state index in [2.05, 4.69) is 0 Å². The predicted octanol–water partition coefficient (Wildman–Crippen LogP) is 8.66. The molecule has 0 saturated heterocycles. The van der Waals surface area contributed by atoms with Crippen molar-refractivity contribution in [2.45, 2.75) is 68.2 Å². The maximum Gasteiger partial charge on any atom is 0.471 e. The molecule has 0 fully saturated rings. The Kier molecular flexibility index (Phi) is 15.2. The molecule has 10 nitrogen and oxygen atoms in total. The maximum atomic E-state index is 15.7. The quantitative estimate of drug-likeness (QED) is 0.0629. The Morgan fingerprint density at radius 3 is 1.09 bits per heavy atom. The number of aliphatic carboxylic acids is 1. The molecule has 3 N–H and O–H groups in total. The molecule has 0 heterocycles. The molecule has 2 amide bonds. The van der Waals surface area contributed by atoms with Gasteiger partial charge in [-0.3, -0.25) is 23.5 Å². The molecule has 0 aliphatic heterocycles. The summed E-state index contributed by atoms with van der Waals surface area (Å²) < 4.78 is 126. The molecule has 300 valence electrons. The highest BCUT2D eigenvalue weighted by molar-refractivity contribution is 7.79. The molecule has 0 saturated carbocycles. The van der Waals surface area contributed by atoms with Crippen molar-refractivity contribution in [2.75, 3.05) is 0 Å². The molecule has 4 unspecified atom stereocenters. The first kappa shape index (κ1) is 44.0. The lowest BCUT2D eigenvalue weighted by Crippen LogP contribution is -2.48. The summed E-state index contributed by atoms with van der Waals surface area (Å²) in [6.07, 6.45) is -13.0. The number of carbonyl (C=O) groups is 3. The monoisotopic (exact) mass is 826 g/mol. The second-order valence-electron chi connectivity index (χ2n) is 12.5. The van der Waals surface area contributed by atoms with E-state index in [-0.39, 0.29) is 24.0 Å². The van der Waals surface area contributed by atoms with Crippen LogP contribution in [-0.2, 0) is 58.6 Å². The van der Waals surface area contributed by atoms with Gasteiger partial charge in [0, 0.05) is 0 Å². The molecule has 0 spiro atoms. The van der Waals surface area contributed by atoms with Crippen LogP contribution < -0.4 is 10.6 Å². The molecule has 0 aliphatic rings. The topological polar surface area (TPSA) is 148 Å². The maximum absolute atomic E-state index is 15.7. The Morgan fingerprint density at radius 1 is 0.536 bits per heavy atom. The molecule has 4 aromatic rings. The van der Waals surface area contributed by atoms with Gasteiger partial charge in [0.15, 0.2) is 0 Å². The van der Waals surface area contributed by atoms with E-state index in [0.717, 1.165) is 0 Å². The lowest BCUT2D eigenvalue weighted by atomic mass is 10.1. The summed E-state index contributed by atoms with van der Waals surface area (Å²) in [5, 5.41) is 11.1. The average molecular weight is 827 g/mol. The van der Waals surface area contributed by atoms with Gasteiger partial charge in [0.1, 0.15) is 11.6 Å². The molecular formula is C38H38F6N2O8P2. The number of halogens is 6. The number of carboxylic acid groups (broad SMARTS) is 1. The smallest absolute Gasteiger partial charge is 0.471 e. The molecule has 4 rings (SSSR count). The van der Waals surface area contributed by atoms with E-state index in [9.17, 15) is 45.8 Å². The van der Waals surface area contributed by atoms with E-state index in [0.29, 0.717) is 11.1 Å². The first-order valence-electron chi connectivity index (χ1n) is 17.0. The Hall–Kier alpha value is -4.75. The number of amides is 2. The van der Waals surface area contributed by atoms with Crippen LogP contribution in [-0.4, -0.2) is 52.2 Å². The van der Waals surface area contributed by atoms with Crippen molar-refractivity contribution in [2.24, 2.45) is 0 Å². The van der Waals surface area contributed by atoms with Crippen LogP contribution in [0.2, 0.25) is 0 Å². The molecule has 0 radical (unpaired) electrons. The van der Waals surface area contributed by atoms with Gasteiger partial charge < -0.3 is 24.8 Å². The summed E-state index contributed by atoms with van der Waals surface area (Å²) in [5.41, 5.74) is 1.32. The van der Waals surface area contributed by atoms with Crippen molar-refractivity contribution in [3.63, 3.8) is 0 Å². The van der Waals surface area contributed by atoms with E-state index in [1.807, 2.05) is 0 Å². The third kappa shape index (κ3) is 12.1. The van der Waals surface area contributed by atoms with Crippen molar-refractivity contribution in [1.82, 2.24) is 10.6 Å². The number of alkyl halides is 6. The molecule has 4 aromatic carbocycles. The summed E-state index contributed by atoms with van der Waals surface area (Å²) in [7, 11) is -11.3. The minimum absolute atomic E-state index is 0.215. The van der Waals surface area contributed by atoms with Crippen LogP contribution in [0.4, 0.5) is 26.3 Å². The van der Waals surface area contributed by atoms with Crippen LogP contribution in [0.1, 0.15) is 35.1 Å². The van der Waals surface area contributed by atoms with Crippen molar-refractivity contribution in [3.8, 4) is 0 Å². The van der Waals surface area contributed by atoms with Gasteiger partial charge in [0.2, 0.25) is 20.1 Å². The Balaban J connectivity index is 1.97. The molecule has 0 aromatic heterocycles. The van der Waals surface area contributed by atoms with Gasteiger partial charge in [-0.2, -0.15) is 26.3 Å². The highest BCUT2D eigenvalue weighted by Crippen LogP contribution is 2.74. The number of carboxylic acids is 1. The van der Waals surface area contributed by atoms with Crippen LogP contribution >= 0.6 is 14.7 Å². The minimum Gasteiger partial charge on any atom is -0.480 e. The molecule has 18 heteroatoms. The Bertz CT molecular complexity index is 1850. The van der Waals surface area contributed by atoms with E-state index in [1.165, 1.54) is 48.5 Å². The molecule has 4 atom stereocenters. The van der Waals surface area contributed by atoms with Crippen LogP contribution in [0.3, 0.4) is 0 Å². The van der Waals surface area contributed by atoms with Gasteiger partial charge in [-0.25, -0.2) is 0 Å². The fraction of sp³-hybridized carbons (Fsp3) is 0.289. The van der Waals surface area contributed by atoms with Crippen molar-refractivity contribution < 1.29 is 64.0 Å². The number of nitrogens with one attached hydrogen (secondary N) is 2. The molecular weight excluding hydrogens is 788 g/mol. The van der Waals surface area contributed by atoms with E-state index >= 15 is 9.13 Å². The first-order chi connectivity index (χ1) is 26.4. The Labute approximate surface area is 318 Å². The van der Waals surface area contributed by atoms with Crippen LogP contribution in [0.5, 0.6) is 0 Å². The van der Waals surface area contributed by atoms with Gasteiger partial charge in [-0.05, 0) is 47.9 Å². The number of rotatable bonds is 19. The van der Waals surface area contributed by atoms with E-state index < -0.39 is 87.9 Å². The highest BCUT2D eigenvalue weighted by Gasteiger charge is 2.61. The third-order valence-electron chi connectivity index (χ3n) is 8.53.